The first kappa shape index (κ1) is 51.6. The zero-order valence-corrected chi connectivity index (χ0v) is 41.4. The third-order valence-electron chi connectivity index (χ3n) is 17.0. The van der Waals surface area contributed by atoms with E-state index in [0.29, 0.717) is 23.5 Å². The van der Waals surface area contributed by atoms with Gasteiger partial charge in [-0.3, -0.25) is 0 Å². The van der Waals surface area contributed by atoms with Gasteiger partial charge in [-0.25, -0.2) is 0 Å². The topological polar surface area (TPSA) is 60.4 Å². The highest BCUT2D eigenvalue weighted by atomic mass is 28.3. The van der Waals surface area contributed by atoms with Crippen molar-refractivity contribution in [2.45, 2.75) is 240 Å². The fourth-order valence-corrected chi connectivity index (χ4v) is 14.5. The third-order valence-corrected chi connectivity index (χ3v) is 18.2. The summed E-state index contributed by atoms with van der Waals surface area (Å²) in [7, 11) is 0.629. The van der Waals surface area contributed by atoms with Gasteiger partial charge in [0.05, 0.1) is 6.10 Å². The summed E-state index contributed by atoms with van der Waals surface area (Å²) in [5.41, 5.74) is 1.11. The highest BCUT2D eigenvalue weighted by Crippen LogP contribution is 2.68. The van der Waals surface area contributed by atoms with Crippen LogP contribution in [-0.4, -0.2) is 78.2 Å². The van der Waals surface area contributed by atoms with Crippen LogP contribution < -0.4 is 0 Å². The molecule has 4 rings (SSSR count). The highest BCUT2D eigenvalue weighted by molar-refractivity contribution is 6.42. The number of aliphatic hydroxyl groups is 1. The van der Waals surface area contributed by atoms with Gasteiger partial charge in [0.1, 0.15) is 6.29 Å². The number of nitrogens with zero attached hydrogens (tertiary/aromatic N) is 1. The zero-order valence-electron chi connectivity index (χ0n) is 40.4. The molecular weight excluding hydrogens is 747 g/mol. The summed E-state index contributed by atoms with van der Waals surface area (Å²) in [6, 6.07) is 0. The molecule has 0 aliphatic heterocycles. The summed E-state index contributed by atoms with van der Waals surface area (Å²) >= 11 is 0. The number of ether oxygens (including phenoxy) is 2. The Morgan fingerprint density at radius 3 is 2.00 bits per heavy atom. The molecule has 0 bridgehead atoms. The molecule has 347 valence electrons. The molecule has 0 aromatic rings. The molecular formula is C52H100NO5Si. The van der Waals surface area contributed by atoms with Gasteiger partial charge in [-0.1, -0.05) is 105 Å². The largest absolute Gasteiger partial charge is 0.396 e. The van der Waals surface area contributed by atoms with E-state index in [4.69, 9.17) is 18.3 Å². The molecule has 6 nitrogen and oxygen atoms in total. The molecule has 1 N–H and O–H groups in total. The summed E-state index contributed by atoms with van der Waals surface area (Å²) in [6.45, 7) is 20.2. The van der Waals surface area contributed by atoms with Crippen LogP contribution in [0.4, 0.5) is 0 Å². The molecule has 7 heteroatoms. The van der Waals surface area contributed by atoms with Crippen molar-refractivity contribution in [3.8, 4) is 0 Å². The SMILES string of the molecule is CCCCCCCCOC(CCCCCN(CCCCO)CCC[C@@H](C)C1CCC2C3CCC4C[C@H](OC)CC[C@]4(C)C3CC[C@@]21C)O[Si](C)OCCCCCCCC. The van der Waals surface area contributed by atoms with Crippen LogP contribution in [0.25, 0.3) is 0 Å². The first-order chi connectivity index (χ1) is 28.7. The Bertz CT molecular complexity index is 1070. The lowest BCUT2D eigenvalue weighted by molar-refractivity contribution is -0.133. The van der Waals surface area contributed by atoms with Crippen molar-refractivity contribution in [3.63, 3.8) is 0 Å². The zero-order chi connectivity index (χ0) is 42.4. The van der Waals surface area contributed by atoms with Gasteiger partial charge >= 0.3 is 9.28 Å². The van der Waals surface area contributed by atoms with E-state index in [0.717, 1.165) is 93.8 Å². The number of aliphatic hydroxyl groups excluding tert-OH is 1. The van der Waals surface area contributed by atoms with E-state index in [1.165, 1.54) is 161 Å². The predicted octanol–water partition coefficient (Wildman–Crippen LogP) is 13.9. The van der Waals surface area contributed by atoms with Crippen molar-refractivity contribution >= 4 is 9.28 Å². The number of rotatable bonds is 34. The summed E-state index contributed by atoms with van der Waals surface area (Å²) < 4.78 is 24.9. The minimum atomic E-state index is -1.31. The lowest BCUT2D eigenvalue weighted by Gasteiger charge is -2.61. The summed E-state index contributed by atoms with van der Waals surface area (Å²) in [6.07, 6.45) is 37.9. The first-order valence-corrected chi connectivity index (χ1v) is 28.1. The quantitative estimate of drug-likeness (QED) is 0.0395. The Kier molecular flexibility index (Phi) is 25.1. The summed E-state index contributed by atoms with van der Waals surface area (Å²) in [4.78, 5) is 2.73. The van der Waals surface area contributed by atoms with Gasteiger partial charge in [0.2, 0.25) is 0 Å². The lowest BCUT2D eigenvalue weighted by Crippen LogP contribution is -2.54. The van der Waals surface area contributed by atoms with Crippen LogP contribution in [0, 0.1) is 46.3 Å². The molecule has 4 fully saturated rings. The monoisotopic (exact) mass is 847 g/mol. The number of hydrogen-bond donors (Lipinski definition) is 1. The molecule has 6 unspecified atom stereocenters. The Hall–Kier alpha value is -0.0231. The van der Waals surface area contributed by atoms with E-state index in [-0.39, 0.29) is 6.29 Å². The van der Waals surface area contributed by atoms with Crippen LogP contribution in [0.2, 0.25) is 6.55 Å². The average Bonchev–Trinajstić information content (AvgIpc) is 3.59. The van der Waals surface area contributed by atoms with E-state index in [9.17, 15) is 5.11 Å². The maximum atomic E-state index is 9.56. The Balaban J connectivity index is 1.18. The van der Waals surface area contributed by atoms with Gasteiger partial charge in [0.25, 0.3) is 0 Å². The van der Waals surface area contributed by atoms with E-state index >= 15 is 0 Å². The van der Waals surface area contributed by atoms with Crippen molar-refractivity contribution in [1.29, 1.82) is 0 Å². The molecule has 10 atom stereocenters. The van der Waals surface area contributed by atoms with E-state index in [2.05, 4.69) is 46.1 Å². The number of methoxy groups -OCH3 is 1. The van der Waals surface area contributed by atoms with Gasteiger partial charge in [-0.05, 0) is 188 Å². The van der Waals surface area contributed by atoms with Gasteiger partial charge in [0.15, 0.2) is 0 Å². The predicted molar refractivity (Wildman–Crippen MR) is 251 cm³/mol. The first-order valence-electron chi connectivity index (χ1n) is 26.3. The highest BCUT2D eigenvalue weighted by Gasteiger charge is 2.60. The molecule has 0 spiro atoms. The smallest absolute Gasteiger partial charge is 0.383 e. The molecule has 4 saturated carbocycles. The van der Waals surface area contributed by atoms with Crippen molar-refractivity contribution < 1.29 is 23.4 Å². The van der Waals surface area contributed by atoms with Crippen LogP contribution in [0.3, 0.4) is 0 Å². The number of hydrogen-bond acceptors (Lipinski definition) is 6. The van der Waals surface area contributed by atoms with Crippen molar-refractivity contribution in [2.75, 3.05) is 46.6 Å². The summed E-state index contributed by atoms with van der Waals surface area (Å²) in [5.74, 6) is 5.48. The van der Waals surface area contributed by atoms with Crippen LogP contribution in [0.1, 0.15) is 221 Å². The molecule has 0 amide bonds. The second kappa shape index (κ2) is 28.7. The molecule has 0 saturated heterocycles. The van der Waals surface area contributed by atoms with Gasteiger partial charge in [-0.15, -0.1) is 0 Å². The number of unbranched alkanes of at least 4 members (excludes halogenated alkanes) is 13. The second-order valence-corrected chi connectivity index (χ2v) is 22.6. The minimum absolute atomic E-state index is 0.127. The Labute approximate surface area is 369 Å². The van der Waals surface area contributed by atoms with Crippen LogP contribution in [-0.2, 0) is 18.3 Å². The standard InChI is InChI=1S/C52H100NO5Si/c1-8-10-12-14-16-23-40-56-50(58-59(7)57-41-24-17-15-13-11-9-2)27-19-18-20-36-53(37-21-22-39-54)38-25-26-43(3)47-30-31-48-46-29-28-44-42-45(55-6)32-34-51(44,4)49(46)33-35-52(47,48)5/h43-50,54H,8-42H2,1-7H3/t43-,44?,45-,46?,47?,48?,49?,50?,51+,52-/m1/s1. The molecule has 59 heavy (non-hydrogen) atoms. The molecule has 0 aromatic heterocycles. The van der Waals surface area contributed by atoms with Crippen LogP contribution >= 0.6 is 0 Å². The van der Waals surface area contributed by atoms with E-state index in [1.807, 2.05) is 7.11 Å². The average molecular weight is 847 g/mol. The van der Waals surface area contributed by atoms with E-state index in [1.54, 1.807) is 0 Å². The molecule has 0 heterocycles. The van der Waals surface area contributed by atoms with Crippen molar-refractivity contribution in [2.24, 2.45) is 46.3 Å². The maximum absolute atomic E-state index is 9.56. The maximum Gasteiger partial charge on any atom is 0.383 e. The summed E-state index contributed by atoms with van der Waals surface area (Å²) in [5, 5.41) is 9.56. The van der Waals surface area contributed by atoms with Crippen LogP contribution in [0.15, 0.2) is 0 Å². The fraction of sp³-hybridized carbons (Fsp3) is 1.00. The fourth-order valence-electron chi connectivity index (χ4n) is 13.4. The van der Waals surface area contributed by atoms with Crippen LogP contribution in [0.5, 0.6) is 0 Å². The van der Waals surface area contributed by atoms with Crippen molar-refractivity contribution in [1.82, 2.24) is 4.90 Å². The normalized spacial score (nSPS) is 30.4. The Morgan fingerprint density at radius 1 is 0.661 bits per heavy atom. The lowest BCUT2D eigenvalue weighted by atomic mass is 9.44. The number of fused-ring (bicyclic) bond motifs is 5. The van der Waals surface area contributed by atoms with Gasteiger partial charge in [0, 0.05) is 26.9 Å². The van der Waals surface area contributed by atoms with Crippen molar-refractivity contribution in [3.05, 3.63) is 0 Å². The van der Waals surface area contributed by atoms with E-state index < -0.39 is 9.28 Å². The Morgan fingerprint density at radius 2 is 1.29 bits per heavy atom. The third kappa shape index (κ3) is 16.5. The van der Waals surface area contributed by atoms with Gasteiger partial charge < -0.3 is 28.3 Å². The van der Waals surface area contributed by atoms with Gasteiger partial charge in [-0.2, -0.15) is 0 Å². The molecule has 1 radical (unpaired) electrons. The molecule has 4 aliphatic carbocycles. The minimum Gasteiger partial charge on any atom is -0.396 e. The molecule has 4 aliphatic rings. The molecule has 0 aromatic carbocycles. The second-order valence-electron chi connectivity index (χ2n) is 21.1.